The van der Waals surface area contributed by atoms with Gasteiger partial charge in [-0.25, -0.2) is 0 Å². The Morgan fingerprint density at radius 3 is 1.86 bits per heavy atom. The van der Waals surface area contributed by atoms with Crippen molar-refractivity contribution in [3.63, 3.8) is 0 Å². The number of hydrogen-bond acceptors (Lipinski definition) is 6. The molecule has 0 amide bonds. The van der Waals surface area contributed by atoms with Crippen LogP contribution in [0.3, 0.4) is 0 Å². The number of nitrogens with zero attached hydrogens (tertiary/aromatic N) is 2. The van der Waals surface area contributed by atoms with Crippen LogP contribution in [-0.2, 0) is 0 Å². The highest BCUT2D eigenvalue weighted by Crippen LogP contribution is 2.25. The zero-order valence-corrected chi connectivity index (χ0v) is 17.9. The molecular weight excluding hydrogens is 424 g/mol. The molecule has 6 nitrogen and oxygen atoms in total. The minimum absolute atomic E-state index is 0.0284. The molecule has 1 heterocycles. The maximum absolute atomic E-state index is 11.4. The van der Waals surface area contributed by atoms with Crippen molar-refractivity contribution in [2.24, 2.45) is 0 Å². The normalized spacial score (nSPS) is 14.2. The van der Waals surface area contributed by atoms with Gasteiger partial charge in [0.25, 0.3) is 0 Å². The van der Waals surface area contributed by atoms with E-state index in [0.29, 0.717) is 11.1 Å². The molecule has 2 aromatic rings. The number of likely N-dealkylation sites (N-methyl/N-ethyl adjacent to an activating group) is 1. The first-order valence-corrected chi connectivity index (χ1v) is 9.75. The first-order valence-electron chi connectivity index (χ1n) is 8.96. The Balaban J connectivity index is 0.000000221. The molecule has 1 aliphatic rings. The number of anilines is 1. The summed E-state index contributed by atoms with van der Waals surface area (Å²) >= 11 is 3.20. The summed E-state index contributed by atoms with van der Waals surface area (Å²) in [4.78, 5) is 26.7. The summed E-state index contributed by atoms with van der Waals surface area (Å²) in [5.41, 5.74) is 1.77. The molecule has 2 aromatic carbocycles. The molecule has 28 heavy (non-hydrogen) atoms. The van der Waals surface area contributed by atoms with E-state index in [0.717, 1.165) is 36.3 Å². The number of phenolic OH excluding ortho intramolecular Hbond substituents is 2. The average molecular weight is 449 g/mol. The van der Waals surface area contributed by atoms with E-state index in [9.17, 15) is 14.7 Å². The third kappa shape index (κ3) is 5.81. The number of phenols is 2. The van der Waals surface area contributed by atoms with E-state index in [4.69, 9.17) is 5.11 Å². The number of benzene rings is 2. The molecule has 1 aliphatic heterocycles. The Morgan fingerprint density at radius 1 is 0.857 bits per heavy atom. The van der Waals surface area contributed by atoms with Crippen molar-refractivity contribution in [3.05, 3.63) is 52.0 Å². The molecule has 0 atom stereocenters. The van der Waals surface area contributed by atoms with E-state index in [1.807, 2.05) is 6.07 Å². The Labute approximate surface area is 173 Å². The predicted octanol–water partition coefficient (Wildman–Crippen LogP) is 3.70. The van der Waals surface area contributed by atoms with E-state index in [2.05, 4.69) is 32.8 Å². The van der Waals surface area contributed by atoms with Gasteiger partial charge in [-0.05, 0) is 57.3 Å². The minimum atomic E-state index is -0.135. The summed E-state index contributed by atoms with van der Waals surface area (Å²) in [6.07, 6.45) is 0. The maximum atomic E-state index is 11.4. The van der Waals surface area contributed by atoms with Gasteiger partial charge < -0.3 is 20.0 Å². The van der Waals surface area contributed by atoms with E-state index >= 15 is 0 Å². The van der Waals surface area contributed by atoms with Crippen LogP contribution in [0.2, 0.25) is 0 Å². The lowest BCUT2D eigenvalue weighted by molar-refractivity contribution is 0.100. The van der Waals surface area contributed by atoms with Crippen LogP contribution >= 0.6 is 15.9 Å². The molecule has 0 spiro atoms. The fourth-order valence-electron chi connectivity index (χ4n) is 2.86. The van der Waals surface area contributed by atoms with Gasteiger partial charge in [-0.2, -0.15) is 0 Å². The van der Waals surface area contributed by atoms with Gasteiger partial charge in [0, 0.05) is 36.3 Å². The summed E-state index contributed by atoms with van der Waals surface area (Å²) in [7, 11) is 2.11. The van der Waals surface area contributed by atoms with Gasteiger partial charge in [0.2, 0.25) is 0 Å². The highest BCUT2D eigenvalue weighted by Gasteiger charge is 2.16. The zero-order chi connectivity index (χ0) is 20.8. The standard InChI is InChI=1S/C13H18N2O2.C8H7BrO2/c1-10(16)12-9-11(3-4-13(12)17)15-7-5-14(2)6-8-15;1-5(10)7-4-6(9)2-3-8(7)11/h3-4,9,17H,5-8H2,1-2H3;2-4,11H,1H3. The second-order valence-electron chi connectivity index (χ2n) is 6.77. The van der Waals surface area contributed by atoms with Crippen molar-refractivity contribution in [1.29, 1.82) is 0 Å². The predicted molar refractivity (Wildman–Crippen MR) is 114 cm³/mol. The number of Topliss-reactive ketones (excluding diaryl/α,β-unsaturated/α-hetero) is 2. The summed E-state index contributed by atoms with van der Waals surface area (Å²) in [6, 6.07) is 10.0. The fraction of sp³-hybridized carbons (Fsp3) is 0.333. The molecule has 2 N–H and O–H groups in total. The molecule has 0 saturated carbocycles. The third-order valence-electron chi connectivity index (χ3n) is 4.57. The smallest absolute Gasteiger partial charge is 0.163 e. The fourth-order valence-corrected chi connectivity index (χ4v) is 3.22. The Bertz CT molecular complexity index is 861. The number of halogens is 1. The van der Waals surface area contributed by atoms with E-state index in [1.165, 1.54) is 19.9 Å². The number of carbonyl (C=O) groups excluding carboxylic acids is 2. The minimum Gasteiger partial charge on any atom is -0.507 e. The first kappa shape index (κ1) is 21.9. The highest BCUT2D eigenvalue weighted by atomic mass is 79.9. The summed E-state index contributed by atoms with van der Waals surface area (Å²) < 4.78 is 0.792. The lowest BCUT2D eigenvalue weighted by atomic mass is 10.1. The van der Waals surface area contributed by atoms with Crippen LogP contribution in [0.4, 0.5) is 5.69 Å². The van der Waals surface area contributed by atoms with Gasteiger partial charge >= 0.3 is 0 Å². The van der Waals surface area contributed by atoms with Crippen LogP contribution in [0.15, 0.2) is 40.9 Å². The molecule has 3 rings (SSSR count). The van der Waals surface area contributed by atoms with Crippen LogP contribution in [-0.4, -0.2) is 59.9 Å². The molecular formula is C21H25BrN2O4. The molecule has 0 unspecified atom stereocenters. The number of piperazine rings is 1. The first-order chi connectivity index (χ1) is 13.2. The van der Waals surface area contributed by atoms with Crippen molar-refractivity contribution < 1.29 is 19.8 Å². The van der Waals surface area contributed by atoms with Gasteiger partial charge in [0.05, 0.1) is 11.1 Å². The van der Waals surface area contributed by atoms with Gasteiger partial charge in [0.15, 0.2) is 11.6 Å². The summed E-state index contributed by atoms with van der Waals surface area (Å²) in [5.74, 6) is -0.140. The number of rotatable bonds is 3. The Hall–Kier alpha value is -2.38. The zero-order valence-electron chi connectivity index (χ0n) is 16.3. The van der Waals surface area contributed by atoms with E-state index in [-0.39, 0.29) is 23.1 Å². The Kier molecular flexibility index (Phi) is 7.60. The molecule has 0 aromatic heterocycles. The second kappa shape index (κ2) is 9.71. The monoisotopic (exact) mass is 448 g/mol. The third-order valence-corrected chi connectivity index (χ3v) is 5.06. The molecule has 0 radical (unpaired) electrons. The van der Waals surface area contributed by atoms with Crippen LogP contribution in [0.5, 0.6) is 11.5 Å². The van der Waals surface area contributed by atoms with E-state index < -0.39 is 0 Å². The lowest BCUT2D eigenvalue weighted by Crippen LogP contribution is -2.44. The van der Waals surface area contributed by atoms with Crippen LogP contribution in [0, 0.1) is 0 Å². The van der Waals surface area contributed by atoms with Crippen molar-refractivity contribution in [2.45, 2.75) is 13.8 Å². The number of carbonyl (C=O) groups is 2. The van der Waals surface area contributed by atoms with Gasteiger partial charge in [-0.15, -0.1) is 0 Å². The maximum Gasteiger partial charge on any atom is 0.163 e. The SMILES string of the molecule is CC(=O)c1cc(Br)ccc1O.CC(=O)c1cc(N2CCN(C)CC2)ccc1O. The van der Waals surface area contributed by atoms with Crippen LogP contribution in [0.1, 0.15) is 34.6 Å². The molecule has 1 saturated heterocycles. The molecule has 150 valence electrons. The Morgan fingerprint density at radius 2 is 1.36 bits per heavy atom. The van der Waals surface area contributed by atoms with E-state index in [1.54, 1.807) is 24.3 Å². The van der Waals surface area contributed by atoms with Crippen molar-refractivity contribution in [2.75, 3.05) is 38.1 Å². The largest absolute Gasteiger partial charge is 0.507 e. The van der Waals surface area contributed by atoms with Crippen molar-refractivity contribution >= 4 is 33.2 Å². The summed E-state index contributed by atoms with van der Waals surface area (Å²) in [5, 5.41) is 18.8. The number of aromatic hydroxyl groups is 2. The number of ketones is 2. The lowest BCUT2D eigenvalue weighted by Gasteiger charge is -2.34. The molecule has 1 fully saturated rings. The van der Waals surface area contributed by atoms with Crippen molar-refractivity contribution in [1.82, 2.24) is 4.90 Å². The summed E-state index contributed by atoms with van der Waals surface area (Å²) in [6.45, 7) is 6.86. The average Bonchev–Trinajstić information content (AvgIpc) is 2.65. The topological polar surface area (TPSA) is 81.1 Å². The number of hydrogen-bond donors (Lipinski definition) is 2. The molecule has 7 heteroatoms. The van der Waals surface area contributed by atoms with Gasteiger partial charge in [-0.3, -0.25) is 9.59 Å². The molecule has 0 bridgehead atoms. The van der Waals surface area contributed by atoms with Gasteiger partial charge in [0.1, 0.15) is 11.5 Å². The van der Waals surface area contributed by atoms with Crippen LogP contribution < -0.4 is 4.90 Å². The van der Waals surface area contributed by atoms with Crippen molar-refractivity contribution in [3.8, 4) is 11.5 Å². The second-order valence-corrected chi connectivity index (χ2v) is 7.68. The quantitative estimate of drug-likeness (QED) is 0.696. The highest BCUT2D eigenvalue weighted by molar-refractivity contribution is 9.10. The van der Waals surface area contributed by atoms with Gasteiger partial charge in [-0.1, -0.05) is 15.9 Å². The van der Waals surface area contributed by atoms with Crippen LogP contribution in [0.25, 0.3) is 0 Å². The molecule has 0 aliphatic carbocycles.